The number of esters is 1. The summed E-state index contributed by atoms with van der Waals surface area (Å²) in [5.74, 6) is -1.13. The maximum atomic E-state index is 12.5. The van der Waals surface area contributed by atoms with Crippen molar-refractivity contribution >= 4 is 11.9 Å². The summed E-state index contributed by atoms with van der Waals surface area (Å²) in [4.78, 5) is 28.6. The summed E-state index contributed by atoms with van der Waals surface area (Å²) in [5.41, 5.74) is 1.47. The molecule has 0 saturated heterocycles. The van der Waals surface area contributed by atoms with Gasteiger partial charge in [-0.2, -0.15) is 0 Å². The molecule has 6 heteroatoms. The van der Waals surface area contributed by atoms with Crippen LogP contribution >= 0.6 is 0 Å². The number of aliphatic hydroxyl groups is 1. The molecular weight excluding hydrogens is 296 g/mol. The van der Waals surface area contributed by atoms with Gasteiger partial charge in [0.2, 0.25) is 0 Å². The number of hydrogen-bond acceptors (Lipinski definition) is 5. The van der Waals surface area contributed by atoms with E-state index in [0.717, 1.165) is 5.56 Å². The highest BCUT2D eigenvalue weighted by Crippen LogP contribution is 2.25. The number of aromatic nitrogens is 1. The van der Waals surface area contributed by atoms with Gasteiger partial charge in [-0.25, -0.2) is 9.78 Å². The fourth-order valence-corrected chi connectivity index (χ4v) is 2.16. The Morgan fingerprint density at radius 2 is 1.96 bits per heavy atom. The Balaban J connectivity index is 2.55. The first-order chi connectivity index (χ1) is 11.2. The molecule has 0 bridgehead atoms. The third-order valence-electron chi connectivity index (χ3n) is 3.13. The van der Waals surface area contributed by atoms with E-state index in [9.17, 15) is 9.59 Å². The van der Waals surface area contributed by atoms with Crippen LogP contribution in [-0.2, 0) is 4.74 Å². The molecule has 0 aliphatic heterocycles. The fraction of sp³-hybridized carbons (Fsp3) is 0.235. The second-order valence-electron chi connectivity index (χ2n) is 4.65. The lowest BCUT2D eigenvalue weighted by atomic mass is 9.98. The van der Waals surface area contributed by atoms with Crippen LogP contribution < -0.4 is 5.32 Å². The molecule has 6 nitrogen and oxygen atoms in total. The van der Waals surface area contributed by atoms with Gasteiger partial charge in [-0.15, -0.1) is 0 Å². The van der Waals surface area contributed by atoms with Gasteiger partial charge < -0.3 is 15.2 Å². The number of hydrogen-bond donors (Lipinski definition) is 2. The molecule has 0 atom stereocenters. The van der Waals surface area contributed by atoms with E-state index in [-0.39, 0.29) is 31.0 Å². The summed E-state index contributed by atoms with van der Waals surface area (Å²) in [6, 6.07) is 10.9. The number of amides is 1. The Morgan fingerprint density at radius 1 is 1.22 bits per heavy atom. The van der Waals surface area contributed by atoms with E-state index in [2.05, 4.69) is 10.3 Å². The normalized spacial score (nSPS) is 10.2. The largest absolute Gasteiger partial charge is 0.461 e. The zero-order valence-corrected chi connectivity index (χ0v) is 12.8. The lowest BCUT2D eigenvalue weighted by molar-refractivity contribution is 0.0515. The first kappa shape index (κ1) is 16.6. The molecule has 0 saturated carbocycles. The van der Waals surface area contributed by atoms with Crippen LogP contribution in [-0.4, -0.2) is 41.7 Å². The number of nitrogens with zero attached hydrogens (tertiary/aromatic N) is 1. The van der Waals surface area contributed by atoms with E-state index < -0.39 is 11.9 Å². The third kappa shape index (κ3) is 3.92. The van der Waals surface area contributed by atoms with Crippen LogP contribution in [0.3, 0.4) is 0 Å². The smallest absolute Gasteiger partial charge is 0.357 e. The summed E-state index contributed by atoms with van der Waals surface area (Å²) in [6.45, 7) is 1.77. The highest BCUT2D eigenvalue weighted by molar-refractivity contribution is 6.08. The Kier molecular flexibility index (Phi) is 5.82. The topological polar surface area (TPSA) is 88.5 Å². The van der Waals surface area contributed by atoms with E-state index in [0.29, 0.717) is 5.56 Å². The molecule has 120 valence electrons. The molecule has 0 spiro atoms. The molecule has 1 aromatic carbocycles. The Bertz CT molecular complexity index is 686. The van der Waals surface area contributed by atoms with Crippen LogP contribution in [0, 0.1) is 0 Å². The highest BCUT2D eigenvalue weighted by Gasteiger charge is 2.23. The maximum absolute atomic E-state index is 12.5. The SMILES string of the molecule is CCOC(=O)c1nccc(-c2ccccc2)c1C(=O)NCCO. The zero-order chi connectivity index (χ0) is 16.7. The van der Waals surface area contributed by atoms with E-state index in [4.69, 9.17) is 9.84 Å². The van der Waals surface area contributed by atoms with Crippen LogP contribution in [0.25, 0.3) is 11.1 Å². The van der Waals surface area contributed by atoms with Gasteiger partial charge in [-0.1, -0.05) is 30.3 Å². The minimum atomic E-state index is -0.653. The lowest BCUT2D eigenvalue weighted by Crippen LogP contribution is -2.29. The van der Waals surface area contributed by atoms with Gasteiger partial charge in [-0.3, -0.25) is 4.79 Å². The third-order valence-corrected chi connectivity index (χ3v) is 3.13. The van der Waals surface area contributed by atoms with Gasteiger partial charge in [-0.05, 0) is 24.1 Å². The minimum absolute atomic E-state index is 0.0383. The number of benzene rings is 1. The van der Waals surface area contributed by atoms with Crippen LogP contribution in [0.15, 0.2) is 42.6 Å². The van der Waals surface area contributed by atoms with E-state index in [1.807, 2.05) is 30.3 Å². The standard InChI is InChI=1S/C17H18N2O4/c1-2-23-17(22)15-14(16(21)19-10-11-20)13(8-9-18-15)12-6-4-3-5-7-12/h3-9,20H,2,10-11H2,1H3,(H,19,21). The zero-order valence-electron chi connectivity index (χ0n) is 12.8. The van der Waals surface area contributed by atoms with Gasteiger partial charge in [0.25, 0.3) is 5.91 Å². The molecule has 2 rings (SSSR count). The molecule has 2 aromatic rings. The van der Waals surface area contributed by atoms with Crippen molar-refractivity contribution < 1.29 is 19.4 Å². The van der Waals surface area contributed by atoms with Gasteiger partial charge in [0.05, 0.1) is 18.8 Å². The number of ether oxygens (including phenoxy) is 1. The lowest BCUT2D eigenvalue weighted by Gasteiger charge is -2.13. The van der Waals surface area contributed by atoms with Crippen LogP contribution in [0.5, 0.6) is 0 Å². The summed E-state index contributed by atoms with van der Waals surface area (Å²) in [7, 11) is 0. The molecule has 0 radical (unpaired) electrons. The van der Waals surface area contributed by atoms with Crippen molar-refractivity contribution in [3.05, 3.63) is 53.9 Å². The average Bonchev–Trinajstić information content (AvgIpc) is 2.60. The van der Waals surface area contributed by atoms with Crippen LogP contribution in [0.1, 0.15) is 27.8 Å². The Hall–Kier alpha value is -2.73. The molecule has 0 fully saturated rings. The summed E-state index contributed by atoms with van der Waals surface area (Å²) < 4.78 is 4.98. The number of aliphatic hydroxyl groups excluding tert-OH is 1. The van der Waals surface area contributed by atoms with E-state index >= 15 is 0 Å². The summed E-state index contributed by atoms with van der Waals surface area (Å²) in [6.07, 6.45) is 1.47. The van der Waals surface area contributed by atoms with E-state index in [1.165, 1.54) is 6.20 Å². The maximum Gasteiger partial charge on any atom is 0.357 e. The first-order valence-corrected chi connectivity index (χ1v) is 7.29. The number of carbonyl (C=O) groups excluding carboxylic acids is 2. The Morgan fingerprint density at radius 3 is 2.61 bits per heavy atom. The van der Waals surface area contributed by atoms with Crippen molar-refractivity contribution in [2.75, 3.05) is 19.8 Å². The quantitative estimate of drug-likeness (QED) is 0.791. The predicted molar refractivity (Wildman–Crippen MR) is 85.0 cm³/mol. The van der Waals surface area contributed by atoms with Crippen LogP contribution in [0.2, 0.25) is 0 Å². The summed E-state index contributed by atoms with van der Waals surface area (Å²) >= 11 is 0. The predicted octanol–water partition coefficient (Wildman–Crippen LogP) is 1.65. The van der Waals surface area contributed by atoms with Gasteiger partial charge in [0.1, 0.15) is 0 Å². The van der Waals surface area contributed by atoms with E-state index in [1.54, 1.807) is 13.0 Å². The molecule has 2 N–H and O–H groups in total. The number of carbonyl (C=O) groups is 2. The molecule has 0 unspecified atom stereocenters. The molecule has 1 aromatic heterocycles. The van der Waals surface area contributed by atoms with Crippen molar-refractivity contribution in [2.45, 2.75) is 6.92 Å². The molecule has 1 heterocycles. The summed E-state index contributed by atoms with van der Waals surface area (Å²) in [5, 5.41) is 11.4. The van der Waals surface area contributed by atoms with Gasteiger partial charge in [0, 0.05) is 12.7 Å². The highest BCUT2D eigenvalue weighted by atomic mass is 16.5. The van der Waals surface area contributed by atoms with Crippen molar-refractivity contribution in [1.82, 2.24) is 10.3 Å². The second-order valence-corrected chi connectivity index (χ2v) is 4.65. The van der Waals surface area contributed by atoms with Gasteiger partial charge >= 0.3 is 5.97 Å². The minimum Gasteiger partial charge on any atom is -0.461 e. The first-order valence-electron chi connectivity index (χ1n) is 7.29. The van der Waals surface area contributed by atoms with Gasteiger partial charge in [0.15, 0.2) is 5.69 Å². The molecule has 0 aliphatic rings. The molecule has 0 aliphatic carbocycles. The number of nitrogens with one attached hydrogen (secondary N) is 1. The second kappa shape index (κ2) is 8.05. The average molecular weight is 314 g/mol. The molecular formula is C17H18N2O4. The number of rotatable bonds is 6. The van der Waals surface area contributed by atoms with Crippen molar-refractivity contribution in [3.63, 3.8) is 0 Å². The van der Waals surface area contributed by atoms with Crippen molar-refractivity contribution in [2.24, 2.45) is 0 Å². The van der Waals surface area contributed by atoms with Crippen molar-refractivity contribution in [1.29, 1.82) is 0 Å². The molecule has 1 amide bonds. The number of pyridine rings is 1. The monoisotopic (exact) mass is 314 g/mol. The molecule has 23 heavy (non-hydrogen) atoms. The van der Waals surface area contributed by atoms with Crippen LogP contribution in [0.4, 0.5) is 0 Å². The fourth-order valence-electron chi connectivity index (χ4n) is 2.16. The van der Waals surface area contributed by atoms with Crippen molar-refractivity contribution in [3.8, 4) is 11.1 Å². The Labute approximate surface area is 134 Å².